The number of allylic oxidation sites excluding steroid dienone is 2. The number of unbranched alkanes of at least 4 members (excludes halogenated alkanes) is 5. The molecule has 0 aliphatic heterocycles. The second-order valence-corrected chi connectivity index (χ2v) is 10.6. The van der Waals surface area contributed by atoms with Crippen molar-refractivity contribution in [3.63, 3.8) is 0 Å². The first-order valence-electron chi connectivity index (χ1n) is 13.1. The zero-order valence-electron chi connectivity index (χ0n) is 20.6. The Morgan fingerprint density at radius 2 is 1.43 bits per heavy atom. The Morgan fingerprint density at radius 1 is 0.786 bits per heavy atom. The third-order valence-electron chi connectivity index (χ3n) is 7.92. The maximum atomic E-state index is 2.49. The van der Waals surface area contributed by atoms with E-state index in [1.807, 2.05) is 0 Å². The third kappa shape index (κ3) is 9.98. The average Bonchev–Trinajstić information content (AvgIpc) is 3.40. The van der Waals surface area contributed by atoms with Crippen molar-refractivity contribution in [1.29, 1.82) is 0 Å². The van der Waals surface area contributed by atoms with E-state index >= 15 is 0 Å². The Morgan fingerprint density at radius 3 is 2.07 bits per heavy atom. The minimum absolute atomic E-state index is 0.736. The molecule has 1 aliphatic carbocycles. The van der Waals surface area contributed by atoms with Gasteiger partial charge in [0, 0.05) is 0 Å². The molecule has 0 spiro atoms. The van der Waals surface area contributed by atoms with E-state index in [0.29, 0.717) is 0 Å². The molecule has 0 N–H and O–H groups in total. The highest BCUT2D eigenvalue weighted by atomic mass is 14.6. The molecule has 166 valence electrons. The number of rotatable bonds is 18. The molecule has 0 aromatic rings. The van der Waals surface area contributed by atoms with Crippen LogP contribution in [0.3, 0.4) is 0 Å². The van der Waals surface area contributed by atoms with Crippen LogP contribution >= 0.6 is 0 Å². The summed E-state index contributed by atoms with van der Waals surface area (Å²) in [6.45, 7) is 14.4. The number of hydrogen-bond donors (Lipinski definition) is 0. The lowest BCUT2D eigenvalue weighted by atomic mass is 9.83. The molecule has 0 saturated heterocycles. The van der Waals surface area contributed by atoms with Crippen LogP contribution in [-0.4, -0.2) is 0 Å². The van der Waals surface area contributed by atoms with E-state index < -0.39 is 0 Å². The summed E-state index contributed by atoms with van der Waals surface area (Å²) in [4.78, 5) is 0. The minimum atomic E-state index is 0.736. The molecule has 1 aliphatic rings. The summed E-state index contributed by atoms with van der Waals surface area (Å²) in [7, 11) is 0. The Hall–Kier alpha value is -0.260. The van der Waals surface area contributed by atoms with Gasteiger partial charge in [-0.05, 0) is 74.0 Å². The first-order valence-corrected chi connectivity index (χ1v) is 13.1. The topological polar surface area (TPSA) is 0 Å². The Labute approximate surface area is 179 Å². The fourth-order valence-corrected chi connectivity index (χ4v) is 5.42. The molecule has 0 amide bonds. The molecule has 28 heavy (non-hydrogen) atoms. The van der Waals surface area contributed by atoms with Crippen LogP contribution in [0.1, 0.15) is 138 Å². The third-order valence-corrected chi connectivity index (χ3v) is 7.92. The summed E-state index contributed by atoms with van der Waals surface area (Å²) in [5.41, 5.74) is 0.736. The van der Waals surface area contributed by atoms with Crippen molar-refractivity contribution >= 4 is 0 Å². The van der Waals surface area contributed by atoms with Gasteiger partial charge < -0.3 is 0 Å². The maximum absolute atomic E-state index is 2.49. The molecule has 1 fully saturated rings. The summed E-state index contributed by atoms with van der Waals surface area (Å²) in [5.74, 6) is 3.79. The summed E-state index contributed by atoms with van der Waals surface area (Å²) < 4.78 is 0. The lowest BCUT2D eigenvalue weighted by Crippen LogP contribution is -2.13. The van der Waals surface area contributed by atoms with Crippen molar-refractivity contribution < 1.29 is 0 Å². The highest BCUT2D eigenvalue weighted by Crippen LogP contribution is 2.62. The summed E-state index contributed by atoms with van der Waals surface area (Å²) in [6.07, 6.45) is 26.1. The van der Waals surface area contributed by atoms with Gasteiger partial charge in [-0.1, -0.05) is 105 Å². The van der Waals surface area contributed by atoms with Gasteiger partial charge in [-0.2, -0.15) is 0 Å². The SMILES string of the molecule is CCC(C)C1(CC)CC1CCCCCC=CCCCC(C)CCCCC(C)C. The highest BCUT2D eigenvalue weighted by molar-refractivity contribution is 5.03. The standard InChI is InChI=1S/C28H54/c1-7-26(6)28(8-2)23-27(28)22-16-14-12-10-9-11-13-15-20-25(5)21-18-17-19-24(3)4/h9,11,24-27H,7-8,10,12-23H2,1-6H3. The summed E-state index contributed by atoms with van der Waals surface area (Å²) in [6, 6.07) is 0. The fourth-order valence-electron chi connectivity index (χ4n) is 5.42. The van der Waals surface area contributed by atoms with Gasteiger partial charge in [0.15, 0.2) is 0 Å². The monoisotopic (exact) mass is 390 g/mol. The maximum Gasteiger partial charge on any atom is -0.0243 e. The molecule has 4 atom stereocenters. The Kier molecular flexibility index (Phi) is 13.5. The van der Waals surface area contributed by atoms with Gasteiger partial charge in [0.2, 0.25) is 0 Å². The molecule has 0 bridgehead atoms. The second kappa shape index (κ2) is 14.7. The number of hydrogen-bond acceptors (Lipinski definition) is 0. The van der Waals surface area contributed by atoms with Gasteiger partial charge in [0.1, 0.15) is 0 Å². The zero-order chi connectivity index (χ0) is 20.8. The normalized spacial score (nSPS) is 24.2. The van der Waals surface area contributed by atoms with Gasteiger partial charge >= 0.3 is 0 Å². The molecule has 4 unspecified atom stereocenters. The predicted octanol–water partition coefficient (Wildman–Crippen LogP) is 9.98. The molecule has 1 rings (SSSR count). The van der Waals surface area contributed by atoms with E-state index in [9.17, 15) is 0 Å². The molecule has 0 nitrogen and oxygen atoms in total. The van der Waals surface area contributed by atoms with Crippen molar-refractivity contribution in [1.82, 2.24) is 0 Å². The average molecular weight is 391 g/mol. The molecular weight excluding hydrogens is 336 g/mol. The quantitative estimate of drug-likeness (QED) is 0.161. The van der Waals surface area contributed by atoms with Crippen molar-refractivity contribution in [3.8, 4) is 0 Å². The van der Waals surface area contributed by atoms with E-state index in [1.54, 1.807) is 0 Å². The first-order chi connectivity index (χ1) is 13.5. The molecular formula is C28H54. The molecule has 0 heterocycles. The lowest BCUT2D eigenvalue weighted by molar-refractivity contribution is 0.275. The van der Waals surface area contributed by atoms with Crippen molar-refractivity contribution in [3.05, 3.63) is 12.2 Å². The van der Waals surface area contributed by atoms with E-state index in [-0.39, 0.29) is 0 Å². The van der Waals surface area contributed by atoms with E-state index in [0.717, 1.165) is 29.1 Å². The van der Waals surface area contributed by atoms with E-state index in [1.165, 1.54) is 96.3 Å². The van der Waals surface area contributed by atoms with Gasteiger partial charge in [0.05, 0.1) is 0 Å². The summed E-state index contributed by atoms with van der Waals surface area (Å²) in [5, 5.41) is 0. The molecule has 0 radical (unpaired) electrons. The second-order valence-electron chi connectivity index (χ2n) is 10.6. The van der Waals surface area contributed by atoms with Gasteiger partial charge in [0.25, 0.3) is 0 Å². The van der Waals surface area contributed by atoms with Crippen LogP contribution in [0.4, 0.5) is 0 Å². The largest absolute Gasteiger partial charge is 0.0885 e. The van der Waals surface area contributed by atoms with Crippen LogP contribution < -0.4 is 0 Å². The van der Waals surface area contributed by atoms with Crippen molar-refractivity contribution in [2.75, 3.05) is 0 Å². The van der Waals surface area contributed by atoms with Crippen molar-refractivity contribution in [2.45, 2.75) is 138 Å². The van der Waals surface area contributed by atoms with Gasteiger partial charge in [-0.15, -0.1) is 0 Å². The minimum Gasteiger partial charge on any atom is -0.0885 e. The van der Waals surface area contributed by atoms with Crippen LogP contribution in [0.5, 0.6) is 0 Å². The molecule has 0 aromatic carbocycles. The summed E-state index contributed by atoms with van der Waals surface area (Å²) >= 11 is 0. The lowest BCUT2D eigenvalue weighted by Gasteiger charge is -2.22. The van der Waals surface area contributed by atoms with Gasteiger partial charge in [-0.25, -0.2) is 0 Å². The van der Waals surface area contributed by atoms with E-state index in [4.69, 9.17) is 0 Å². The van der Waals surface area contributed by atoms with E-state index in [2.05, 4.69) is 53.7 Å². The highest BCUT2D eigenvalue weighted by Gasteiger charge is 2.54. The van der Waals surface area contributed by atoms with Crippen molar-refractivity contribution in [2.24, 2.45) is 29.1 Å². The zero-order valence-corrected chi connectivity index (χ0v) is 20.6. The van der Waals surface area contributed by atoms with Crippen LogP contribution in [0.2, 0.25) is 0 Å². The van der Waals surface area contributed by atoms with Crippen LogP contribution in [0.25, 0.3) is 0 Å². The first kappa shape index (κ1) is 25.8. The fraction of sp³-hybridized carbons (Fsp3) is 0.929. The smallest absolute Gasteiger partial charge is 0.0243 e. The molecule has 1 saturated carbocycles. The Bertz CT molecular complexity index is 393. The predicted molar refractivity (Wildman–Crippen MR) is 129 cm³/mol. The van der Waals surface area contributed by atoms with Crippen LogP contribution in [0.15, 0.2) is 12.2 Å². The molecule has 0 aromatic heterocycles. The van der Waals surface area contributed by atoms with Gasteiger partial charge in [-0.3, -0.25) is 0 Å². The van der Waals surface area contributed by atoms with Crippen LogP contribution in [-0.2, 0) is 0 Å². The molecule has 0 heteroatoms. The van der Waals surface area contributed by atoms with Crippen LogP contribution in [0, 0.1) is 29.1 Å². The Balaban J connectivity index is 1.91.